The van der Waals surface area contributed by atoms with Crippen molar-refractivity contribution in [2.45, 2.75) is 12.5 Å². The van der Waals surface area contributed by atoms with Crippen molar-refractivity contribution in [3.63, 3.8) is 0 Å². The molecule has 7 heteroatoms. The number of likely N-dealkylation sites (tertiary alicyclic amines) is 1. The average Bonchev–Trinajstić information content (AvgIpc) is 2.63. The van der Waals surface area contributed by atoms with E-state index in [1.165, 1.54) is 12.1 Å². The molecule has 0 saturated carbocycles. The number of halogens is 1. The van der Waals surface area contributed by atoms with Gasteiger partial charge >= 0.3 is 0 Å². The summed E-state index contributed by atoms with van der Waals surface area (Å²) >= 11 is 3.27. The lowest BCUT2D eigenvalue weighted by atomic mass is 10.2. The Morgan fingerprint density at radius 1 is 1.56 bits per heavy atom. The summed E-state index contributed by atoms with van der Waals surface area (Å²) in [5.74, 6) is 0.0419. The first kappa shape index (κ1) is 12.8. The van der Waals surface area contributed by atoms with E-state index < -0.39 is 4.92 Å². The molecule has 18 heavy (non-hydrogen) atoms. The molecule has 0 unspecified atom stereocenters. The van der Waals surface area contributed by atoms with Crippen molar-refractivity contribution in [1.29, 1.82) is 0 Å². The van der Waals surface area contributed by atoms with E-state index in [0.29, 0.717) is 10.2 Å². The van der Waals surface area contributed by atoms with Gasteiger partial charge in [-0.25, -0.2) is 0 Å². The van der Waals surface area contributed by atoms with Gasteiger partial charge in [0.05, 0.1) is 4.92 Å². The fourth-order valence-corrected chi connectivity index (χ4v) is 2.36. The maximum Gasteiger partial charge on any atom is 0.270 e. The van der Waals surface area contributed by atoms with Crippen molar-refractivity contribution in [3.8, 4) is 0 Å². The lowest BCUT2D eigenvalue weighted by Crippen LogP contribution is -2.31. The monoisotopic (exact) mass is 313 g/mol. The molecule has 1 aromatic carbocycles. The van der Waals surface area contributed by atoms with Crippen LogP contribution in [0, 0.1) is 10.1 Å². The molecular formula is C11H12BrN3O3. The van der Waals surface area contributed by atoms with Crippen LogP contribution < -0.4 is 5.32 Å². The van der Waals surface area contributed by atoms with Crippen LogP contribution >= 0.6 is 15.9 Å². The van der Waals surface area contributed by atoms with Gasteiger partial charge in [0.15, 0.2) is 0 Å². The van der Waals surface area contributed by atoms with Gasteiger partial charge in [-0.3, -0.25) is 14.9 Å². The Labute approximate surface area is 112 Å². The Balaban J connectivity index is 2.15. The van der Waals surface area contributed by atoms with E-state index in [4.69, 9.17) is 0 Å². The van der Waals surface area contributed by atoms with Gasteiger partial charge in [-0.1, -0.05) is 0 Å². The van der Waals surface area contributed by atoms with E-state index in [9.17, 15) is 14.9 Å². The molecule has 1 amide bonds. The molecule has 1 aliphatic heterocycles. The van der Waals surface area contributed by atoms with Gasteiger partial charge in [-0.15, -0.1) is 0 Å². The molecule has 0 radical (unpaired) electrons. The van der Waals surface area contributed by atoms with E-state index in [1.54, 1.807) is 18.0 Å². The molecule has 6 nitrogen and oxygen atoms in total. The minimum atomic E-state index is -0.455. The van der Waals surface area contributed by atoms with Crippen molar-refractivity contribution in [2.24, 2.45) is 0 Å². The zero-order valence-corrected chi connectivity index (χ0v) is 11.3. The number of nitro groups is 1. The maximum absolute atomic E-state index is 11.7. The van der Waals surface area contributed by atoms with E-state index in [-0.39, 0.29) is 17.6 Å². The molecule has 1 atom stereocenters. The highest BCUT2D eigenvalue weighted by Gasteiger charge is 2.29. The number of nitrogens with zero attached hydrogens (tertiary/aromatic N) is 2. The summed E-state index contributed by atoms with van der Waals surface area (Å²) in [5.41, 5.74) is 0.705. The first-order chi connectivity index (χ1) is 8.49. The Morgan fingerprint density at radius 3 is 2.78 bits per heavy atom. The smallest absolute Gasteiger partial charge is 0.270 e. The predicted octanol–water partition coefficient (Wildman–Crippen LogP) is 2.00. The summed E-state index contributed by atoms with van der Waals surface area (Å²) in [5, 5.41) is 13.7. The number of non-ortho nitro benzene ring substituents is 1. The van der Waals surface area contributed by atoms with Crippen LogP contribution in [0.25, 0.3) is 0 Å². The summed E-state index contributed by atoms with van der Waals surface area (Å²) in [4.78, 5) is 23.6. The lowest BCUT2D eigenvalue weighted by molar-refractivity contribution is -0.384. The zero-order valence-electron chi connectivity index (χ0n) is 9.72. The first-order valence-electron chi connectivity index (χ1n) is 5.44. The molecule has 1 fully saturated rings. The van der Waals surface area contributed by atoms with Crippen LogP contribution in [0.4, 0.5) is 11.4 Å². The molecule has 1 aromatic rings. The molecule has 1 saturated heterocycles. The molecule has 0 aromatic heterocycles. The van der Waals surface area contributed by atoms with Crippen molar-refractivity contribution in [3.05, 3.63) is 32.8 Å². The number of hydrogen-bond donors (Lipinski definition) is 1. The highest BCUT2D eigenvalue weighted by Crippen LogP contribution is 2.28. The van der Waals surface area contributed by atoms with Crippen LogP contribution in [-0.4, -0.2) is 35.4 Å². The van der Waals surface area contributed by atoms with E-state index >= 15 is 0 Å². The molecule has 96 valence electrons. The number of amides is 1. The average molecular weight is 314 g/mol. The third-order valence-corrected chi connectivity index (χ3v) is 3.58. The van der Waals surface area contributed by atoms with Crippen LogP contribution in [-0.2, 0) is 4.79 Å². The number of rotatable bonds is 3. The van der Waals surface area contributed by atoms with Crippen LogP contribution in [0.3, 0.4) is 0 Å². The normalized spacial score (nSPS) is 19.1. The number of carbonyl (C=O) groups excluding carboxylic acids is 1. The molecule has 0 bridgehead atoms. The molecule has 2 rings (SSSR count). The van der Waals surface area contributed by atoms with E-state index in [1.807, 2.05) is 0 Å². The molecule has 1 N–H and O–H groups in total. The fraction of sp³-hybridized carbons (Fsp3) is 0.364. The zero-order chi connectivity index (χ0) is 13.3. The van der Waals surface area contributed by atoms with Gasteiger partial charge in [-0.2, -0.15) is 0 Å². The third kappa shape index (κ3) is 2.45. The minimum absolute atomic E-state index is 0.0160. The van der Waals surface area contributed by atoms with Crippen molar-refractivity contribution >= 4 is 33.2 Å². The van der Waals surface area contributed by atoms with Crippen LogP contribution in [0.5, 0.6) is 0 Å². The topological polar surface area (TPSA) is 75.5 Å². The first-order valence-corrected chi connectivity index (χ1v) is 6.24. The summed E-state index contributed by atoms with van der Waals surface area (Å²) in [7, 11) is 1.76. The second-order valence-electron chi connectivity index (χ2n) is 4.17. The Bertz CT molecular complexity index is 506. The predicted molar refractivity (Wildman–Crippen MR) is 70.5 cm³/mol. The van der Waals surface area contributed by atoms with Gasteiger partial charge in [0.1, 0.15) is 6.04 Å². The number of nitrogens with one attached hydrogen (secondary N) is 1. The number of carbonyl (C=O) groups is 1. The maximum atomic E-state index is 11.7. The summed E-state index contributed by atoms with van der Waals surface area (Å²) < 4.78 is 0.582. The van der Waals surface area contributed by atoms with Gasteiger partial charge in [-0.05, 0) is 28.4 Å². The highest BCUT2D eigenvalue weighted by atomic mass is 79.9. The summed E-state index contributed by atoms with van der Waals surface area (Å²) in [6, 6.07) is 4.18. The van der Waals surface area contributed by atoms with Crippen LogP contribution in [0.1, 0.15) is 6.42 Å². The summed E-state index contributed by atoms with van der Waals surface area (Å²) in [6.45, 7) is 0.723. The lowest BCUT2D eigenvalue weighted by Gasteiger charge is -2.14. The molecule has 1 aliphatic rings. The van der Waals surface area contributed by atoms with Gasteiger partial charge in [0.25, 0.3) is 5.69 Å². The van der Waals surface area contributed by atoms with E-state index in [0.717, 1.165) is 13.0 Å². The van der Waals surface area contributed by atoms with Gasteiger partial charge < -0.3 is 10.2 Å². The largest absolute Gasteiger partial charge is 0.373 e. The minimum Gasteiger partial charge on any atom is -0.373 e. The molecule has 0 spiro atoms. The third-order valence-electron chi connectivity index (χ3n) is 2.92. The van der Waals surface area contributed by atoms with Crippen molar-refractivity contribution in [1.82, 2.24) is 4.90 Å². The highest BCUT2D eigenvalue weighted by molar-refractivity contribution is 9.10. The molecule has 0 aliphatic carbocycles. The fourth-order valence-electron chi connectivity index (χ4n) is 1.88. The number of hydrogen-bond acceptors (Lipinski definition) is 4. The second kappa shape index (κ2) is 4.93. The molecule has 1 heterocycles. The van der Waals surface area contributed by atoms with Gasteiger partial charge in [0, 0.05) is 35.9 Å². The second-order valence-corrected chi connectivity index (χ2v) is 5.02. The van der Waals surface area contributed by atoms with E-state index in [2.05, 4.69) is 21.2 Å². The quantitative estimate of drug-likeness (QED) is 0.684. The van der Waals surface area contributed by atoms with Gasteiger partial charge in [0.2, 0.25) is 5.91 Å². The Kier molecular flexibility index (Phi) is 3.51. The number of likely N-dealkylation sites (N-methyl/N-ethyl adjacent to an activating group) is 1. The van der Waals surface area contributed by atoms with Crippen LogP contribution in [0.15, 0.2) is 22.7 Å². The molecular weight excluding hydrogens is 302 g/mol. The Hall–Kier alpha value is -1.63. The standard InChI is InChI=1S/C11H12BrN3O3/c1-14-5-4-10(11(14)16)13-9-3-2-7(15(17)18)6-8(9)12/h2-3,6,10,13H,4-5H2,1H3/t10-/m0/s1. The van der Waals surface area contributed by atoms with Crippen molar-refractivity contribution in [2.75, 3.05) is 18.9 Å². The van der Waals surface area contributed by atoms with Crippen LogP contribution in [0.2, 0.25) is 0 Å². The van der Waals surface area contributed by atoms with Crippen molar-refractivity contribution < 1.29 is 9.72 Å². The number of anilines is 1. The Morgan fingerprint density at radius 2 is 2.28 bits per heavy atom. The SMILES string of the molecule is CN1CC[C@H](Nc2ccc([N+](=O)[O-])cc2Br)C1=O. The number of benzene rings is 1. The number of nitro benzene ring substituents is 1. The summed E-state index contributed by atoms with van der Waals surface area (Å²) in [6.07, 6.45) is 0.735.